The number of hydrogen-bond donors (Lipinski definition) is 1. The lowest BCUT2D eigenvalue weighted by atomic mass is 10.2. The van der Waals surface area contributed by atoms with Gasteiger partial charge in [-0.3, -0.25) is 4.68 Å². The van der Waals surface area contributed by atoms with Gasteiger partial charge in [0.1, 0.15) is 0 Å². The van der Waals surface area contributed by atoms with Crippen molar-refractivity contribution in [3.63, 3.8) is 0 Å². The number of halogens is 2. The summed E-state index contributed by atoms with van der Waals surface area (Å²) in [4.78, 5) is 0. The van der Waals surface area contributed by atoms with Crippen molar-refractivity contribution in [1.82, 2.24) is 15.1 Å². The normalized spacial score (nSPS) is 10.7. The molecule has 0 spiro atoms. The fourth-order valence-electron chi connectivity index (χ4n) is 1.54. The minimum absolute atomic E-state index is 0.666. The van der Waals surface area contributed by atoms with Crippen LogP contribution in [-0.4, -0.2) is 16.3 Å². The topological polar surface area (TPSA) is 29.9 Å². The molecule has 1 N–H and O–H groups in total. The summed E-state index contributed by atoms with van der Waals surface area (Å²) in [5.41, 5.74) is 0.941. The summed E-state index contributed by atoms with van der Waals surface area (Å²) in [6.45, 7) is 2.32. The zero-order chi connectivity index (χ0) is 12.1. The van der Waals surface area contributed by atoms with E-state index < -0.39 is 0 Å². The zero-order valence-electron chi connectivity index (χ0n) is 9.24. The Morgan fingerprint density at radius 3 is 2.59 bits per heavy atom. The van der Waals surface area contributed by atoms with Crippen molar-refractivity contribution in [1.29, 1.82) is 0 Å². The number of nitrogens with zero attached hydrogens (tertiary/aromatic N) is 2. The maximum Gasteiger partial charge on any atom is 0.0534 e. The van der Waals surface area contributed by atoms with E-state index in [4.69, 9.17) is 23.2 Å². The summed E-state index contributed by atoms with van der Waals surface area (Å²) < 4.78 is 1.88. The van der Waals surface area contributed by atoms with E-state index in [-0.39, 0.29) is 0 Å². The van der Waals surface area contributed by atoms with Crippen molar-refractivity contribution in [3.8, 4) is 0 Å². The molecule has 0 amide bonds. The first-order valence-electron chi connectivity index (χ1n) is 5.38. The number of nitrogens with one attached hydrogen (secondary N) is 1. The maximum absolute atomic E-state index is 6.07. The Kier molecular flexibility index (Phi) is 4.42. The lowest BCUT2D eigenvalue weighted by molar-refractivity contribution is 0.555. The lowest BCUT2D eigenvalue weighted by Crippen LogP contribution is -2.20. The molecule has 0 atom stereocenters. The standard InChI is InChI=1S/C12H13Cl2N3/c13-11-3-1-4-12(14)10(11)9-15-6-8-17-7-2-5-16-17/h1-5,7,15H,6,8-9H2. The summed E-state index contributed by atoms with van der Waals surface area (Å²) in [5, 5.41) is 8.81. The smallest absolute Gasteiger partial charge is 0.0534 e. The molecule has 1 heterocycles. The molecule has 2 aromatic rings. The molecule has 0 saturated heterocycles. The Labute approximate surface area is 110 Å². The first kappa shape index (κ1) is 12.4. The second-order valence-electron chi connectivity index (χ2n) is 3.65. The third-order valence-electron chi connectivity index (χ3n) is 2.44. The highest BCUT2D eigenvalue weighted by atomic mass is 35.5. The summed E-state index contributed by atoms with van der Waals surface area (Å²) >= 11 is 12.1. The Hall–Kier alpha value is -1.03. The summed E-state index contributed by atoms with van der Waals surface area (Å²) in [7, 11) is 0. The van der Waals surface area contributed by atoms with Crippen LogP contribution in [-0.2, 0) is 13.1 Å². The highest BCUT2D eigenvalue weighted by Crippen LogP contribution is 2.23. The molecule has 5 heteroatoms. The molecule has 1 aromatic heterocycles. The van der Waals surface area contributed by atoms with Gasteiger partial charge in [0.2, 0.25) is 0 Å². The minimum Gasteiger partial charge on any atom is -0.311 e. The van der Waals surface area contributed by atoms with Crippen LogP contribution < -0.4 is 5.32 Å². The van der Waals surface area contributed by atoms with Crippen LogP contribution in [0.4, 0.5) is 0 Å². The van der Waals surface area contributed by atoms with E-state index in [2.05, 4.69) is 10.4 Å². The average Bonchev–Trinajstić information content (AvgIpc) is 2.80. The number of benzene rings is 1. The molecule has 2 rings (SSSR count). The van der Waals surface area contributed by atoms with E-state index in [9.17, 15) is 0 Å². The quantitative estimate of drug-likeness (QED) is 0.846. The highest BCUT2D eigenvalue weighted by Gasteiger charge is 2.04. The van der Waals surface area contributed by atoms with Crippen LogP contribution in [0.2, 0.25) is 10.0 Å². The Balaban J connectivity index is 1.82. The van der Waals surface area contributed by atoms with Gasteiger partial charge in [-0.2, -0.15) is 5.10 Å². The van der Waals surface area contributed by atoms with Crippen LogP contribution in [0.25, 0.3) is 0 Å². The molecule has 3 nitrogen and oxygen atoms in total. The van der Waals surface area contributed by atoms with Crippen LogP contribution >= 0.6 is 23.2 Å². The number of rotatable bonds is 5. The van der Waals surface area contributed by atoms with Crippen LogP contribution in [0.1, 0.15) is 5.56 Å². The van der Waals surface area contributed by atoms with Gasteiger partial charge in [-0.05, 0) is 18.2 Å². The van der Waals surface area contributed by atoms with Gasteiger partial charge in [0, 0.05) is 41.1 Å². The largest absolute Gasteiger partial charge is 0.311 e. The van der Waals surface area contributed by atoms with Gasteiger partial charge in [0.05, 0.1) is 6.54 Å². The highest BCUT2D eigenvalue weighted by molar-refractivity contribution is 6.35. The van der Waals surface area contributed by atoms with E-state index in [1.165, 1.54) is 0 Å². The number of hydrogen-bond acceptors (Lipinski definition) is 2. The molecule has 17 heavy (non-hydrogen) atoms. The number of aromatic nitrogens is 2. The summed E-state index contributed by atoms with van der Waals surface area (Å²) in [6, 6.07) is 7.44. The van der Waals surface area contributed by atoms with Crippen molar-refractivity contribution in [2.24, 2.45) is 0 Å². The Morgan fingerprint density at radius 1 is 1.18 bits per heavy atom. The van der Waals surface area contributed by atoms with Crippen LogP contribution in [0, 0.1) is 0 Å². The molecule has 0 bridgehead atoms. The van der Waals surface area contributed by atoms with Crippen molar-refractivity contribution >= 4 is 23.2 Å². The molecule has 0 saturated carbocycles. The third kappa shape index (κ3) is 3.46. The van der Waals surface area contributed by atoms with Crippen molar-refractivity contribution < 1.29 is 0 Å². The molecular weight excluding hydrogens is 257 g/mol. The van der Waals surface area contributed by atoms with Crippen molar-refractivity contribution in [3.05, 3.63) is 52.3 Å². The van der Waals surface area contributed by atoms with Gasteiger partial charge in [-0.25, -0.2) is 0 Å². The maximum atomic E-state index is 6.07. The van der Waals surface area contributed by atoms with Crippen LogP contribution in [0.15, 0.2) is 36.7 Å². The monoisotopic (exact) mass is 269 g/mol. The van der Waals surface area contributed by atoms with Gasteiger partial charge in [0.15, 0.2) is 0 Å². The van der Waals surface area contributed by atoms with Gasteiger partial charge in [-0.1, -0.05) is 29.3 Å². The van der Waals surface area contributed by atoms with Crippen LogP contribution in [0.3, 0.4) is 0 Å². The molecule has 0 aliphatic carbocycles. The zero-order valence-corrected chi connectivity index (χ0v) is 10.7. The predicted molar refractivity (Wildman–Crippen MR) is 70.4 cm³/mol. The first-order valence-corrected chi connectivity index (χ1v) is 6.14. The molecule has 0 fully saturated rings. The molecule has 0 aliphatic heterocycles. The van der Waals surface area contributed by atoms with E-state index >= 15 is 0 Å². The van der Waals surface area contributed by atoms with Crippen LogP contribution in [0.5, 0.6) is 0 Å². The second-order valence-corrected chi connectivity index (χ2v) is 4.46. The Bertz CT molecular complexity index is 448. The second kappa shape index (κ2) is 6.05. The van der Waals surface area contributed by atoms with Gasteiger partial charge >= 0.3 is 0 Å². The summed E-state index contributed by atoms with van der Waals surface area (Å²) in [6.07, 6.45) is 3.70. The predicted octanol–water partition coefficient (Wildman–Crippen LogP) is 2.98. The fraction of sp³-hybridized carbons (Fsp3) is 0.250. The van der Waals surface area contributed by atoms with Gasteiger partial charge < -0.3 is 5.32 Å². The molecule has 0 radical (unpaired) electrons. The lowest BCUT2D eigenvalue weighted by Gasteiger charge is -2.08. The summed E-state index contributed by atoms with van der Waals surface area (Å²) in [5.74, 6) is 0. The van der Waals surface area contributed by atoms with Gasteiger partial charge in [0.25, 0.3) is 0 Å². The van der Waals surface area contributed by atoms with E-state index in [1.54, 1.807) is 6.20 Å². The van der Waals surface area contributed by atoms with E-state index in [0.717, 1.165) is 18.7 Å². The molecule has 1 aromatic carbocycles. The third-order valence-corrected chi connectivity index (χ3v) is 3.15. The average molecular weight is 270 g/mol. The fourth-order valence-corrected chi connectivity index (χ4v) is 2.07. The minimum atomic E-state index is 0.666. The molecular formula is C12H13Cl2N3. The first-order chi connectivity index (χ1) is 8.27. The van der Waals surface area contributed by atoms with Gasteiger partial charge in [-0.15, -0.1) is 0 Å². The SMILES string of the molecule is Clc1cccc(Cl)c1CNCCn1cccn1. The molecule has 0 aliphatic rings. The van der Waals surface area contributed by atoms with Crippen molar-refractivity contribution in [2.75, 3.05) is 6.54 Å². The molecule has 90 valence electrons. The van der Waals surface area contributed by atoms with E-state index in [0.29, 0.717) is 16.6 Å². The molecule has 0 unspecified atom stereocenters. The Morgan fingerprint density at radius 2 is 1.94 bits per heavy atom. The van der Waals surface area contributed by atoms with Crippen molar-refractivity contribution in [2.45, 2.75) is 13.1 Å². The van der Waals surface area contributed by atoms with E-state index in [1.807, 2.05) is 35.1 Å².